The van der Waals surface area contributed by atoms with Crippen molar-refractivity contribution in [2.24, 2.45) is 5.92 Å². The van der Waals surface area contributed by atoms with Crippen LogP contribution in [0.3, 0.4) is 0 Å². The Hall–Kier alpha value is -0.980. The van der Waals surface area contributed by atoms with Crippen molar-refractivity contribution in [3.8, 4) is 0 Å². The fraction of sp³-hybridized carbons (Fsp3) is 0.667. The normalized spacial score (nSPS) is 17.4. The third-order valence-electron chi connectivity index (χ3n) is 4.03. The molecular weight excluding hydrogens is 286 g/mol. The van der Waals surface area contributed by atoms with Crippen LogP contribution < -0.4 is 5.32 Å². The molecule has 1 atom stereocenters. The first kappa shape index (κ1) is 16.4. The van der Waals surface area contributed by atoms with Gasteiger partial charge in [0.2, 0.25) is 0 Å². The molecule has 2 rings (SSSR count). The lowest BCUT2D eigenvalue weighted by atomic mass is 10.2. The second-order valence-electron chi connectivity index (χ2n) is 6.14. The van der Waals surface area contributed by atoms with E-state index in [0.29, 0.717) is 18.5 Å². The zero-order valence-electron chi connectivity index (χ0n) is 13.2. The Morgan fingerprint density at radius 3 is 2.48 bits per heavy atom. The Bertz CT molecular complexity index is 565. The average Bonchev–Trinajstić information content (AvgIpc) is 3.28. The number of rotatable bonds is 7. The van der Waals surface area contributed by atoms with Gasteiger partial charge in [0.25, 0.3) is 10.0 Å². The number of hydrogen-bond donors (Lipinski definition) is 1. The van der Waals surface area contributed by atoms with Crippen molar-refractivity contribution < 1.29 is 8.42 Å². The summed E-state index contributed by atoms with van der Waals surface area (Å²) in [4.78, 5) is 4.14. The summed E-state index contributed by atoms with van der Waals surface area (Å²) in [5.74, 6) is 0.499. The average molecular weight is 311 g/mol. The van der Waals surface area contributed by atoms with E-state index in [2.05, 4.69) is 24.1 Å². The van der Waals surface area contributed by atoms with Gasteiger partial charge >= 0.3 is 0 Å². The fourth-order valence-electron chi connectivity index (χ4n) is 2.23. The molecule has 0 bridgehead atoms. The van der Waals surface area contributed by atoms with Crippen LogP contribution in [-0.2, 0) is 16.6 Å². The van der Waals surface area contributed by atoms with Crippen molar-refractivity contribution in [2.75, 3.05) is 7.05 Å². The summed E-state index contributed by atoms with van der Waals surface area (Å²) in [5.41, 5.74) is 0.987. The van der Waals surface area contributed by atoms with Gasteiger partial charge in [0.15, 0.2) is 5.03 Å². The molecular formula is C15H25N3O2S. The molecule has 6 heteroatoms. The molecule has 0 aliphatic heterocycles. The Kier molecular flexibility index (Phi) is 5.01. The lowest BCUT2D eigenvalue weighted by molar-refractivity contribution is 0.355. The summed E-state index contributed by atoms with van der Waals surface area (Å²) in [6, 6.07) is 3.85. The summed E-state index contributed by atoms with van der Waals surface area (Å²) in [6.45, 7) is 6.80. The standard InChI is InChI=1S/C15H25N3O2S/c1-11(2)16-9-13-5-8-15(17-10-13)21(19,20)18(4)12(3)14-6-7-14/h5,8,10-12,14,16H,6-7,9H2,1-4H3. The third kappa shape index (κ3) is 4.02. The molecule has 0 aromatic carbocycles. The van der Waals surface area contributed by atoms with Crippen molar-refractivity contribution in [3.05, 3.63) is 23.9 Å². The maximum absolute atomic E-state index is 12.5. The molecule has 118 valence electrons. The van der Waals surface area contributed by atoms with Gasteiger partial charge in [-0.05, 0) is 37.3 Å². The van der Waals surface area contributed by atoms with Crippen LogP contribution in [0.15, 0.2) is 23.4 Å². The number of nitrogens with zero attached hydrogens (tertiary/aromatic N) is 2. The van der Waals surface area contributed by atoms with E-state index in [1.165, 1.54) is 4.31 Å². The molecule has 1 aromatic heterocycles. The first-order valence-electron chi connectivity index (χ1n) is 7.48. The topological polar surface area (TPSA) is 62.3 Å². The molecule has 1 heterocycles. The second kappa shape index (κ2) is 6.42. The molecule has 1 N–H and O–H groups in total. The first-order valence-corrected chi connectivity index (χ1v) is 8.92. The van der Waals surface area contributed by atoms with E-state index in [4.69, 9.17) is 0 Å². The van der Waals surface area contributed by atoms with Gasteiger partial charge in [-0.15, -0.1) is 0 Å². The molecule has 1 saturated carbocycles. The van der Waals surface area contributed by atoms with Gasteiger partial charge in [0.1, 0.15) is 0 Å². The smallest absolute Gasteiger partial charge is 0.260 e. The lowest BCUT2D eigenvalue weighted by Gasteiger charge is -2.23. The summed E-state index contributed by atoms with van der Waals surface area (Å²) < 4.78 is 26.5. The van der Waals surface area contributed by atoms with Gasteiger partial charge in [0.05, 0.1) is 0 Å². The van der Waals surface area contributed by atoms with Crippen LogP contribution >= 0.6 is 0 Å². The van der Waals surface area contributed by atoms with E-state index >= 15 is 0 Å². The molecule has 1 unspecified atom stereocenters. The SMILES string of the molecule is CC(C)NCc1ccc(S(=O)(=O)N(C)C(C)C2CC2)nc1. The lowest BCUT2D eigenvalue weighted by Crippen LogP contribution is -2.36. The van der Waals surface area contributed by atoms with Crippen molar-refractivity contribution >= 4 is 10.0 Å². The number of sulfonamides is 1. The summed E-state index contributed by atoms with van der Waals surface area (Å²) in [6.07, 6.45) is 3.88. The summed E-state index contributed by atoms with van der Waals surface area (Å²) in [7, 11) is -1.84. The minimum absolute atomic E-state index is 0.0408. The highest BCUT2D eigenvalue weighted by Crippen LogP contribution is 2.36. The molecule has 0 amide bonds. The van der Waals surface area contributed by atoms with Gasteiger partial charge in [-0.2, -0.15) is 4.31 Å². The van der Waals surface area contributed by atoms with Crippen LogP contribution in [0.2, 0.25) is 0 Å². The monoisotopic (exact) mass is 311 g/mol. The third-order valence-corrected chi connectivity index (χ3v) is 5.89. The maximum Gasteiger partial charge on any atom is 0.260 e. The fourth-order valence-corrected chi connectivity index (χ4v) is 3.56. The van der Waals surface area contributed by atoms with Gasteiger partial charge in [0, 0.05) is 31.9 Å². The highest BCUT2D eigenvalue weighted by Gasteiger charge is 2.36. The number of nitrogens with one attached hydrogen (secondary N) is 1. The minimum Gasteiger partial charge on any atom is -0.310 e. The Balaban J connectivity index is 2.09. The van der Waals surface area contributed by atoms with E-state index < -0.39 is 10.0 Å². The van der Waals surface area contributed by atoms with Crippen LogP contribution in [-0.4, -0.2) is 36.8 Å². The molecule has 21 heavy (non-hydrogen) atoms. The molecule has 1 aromatic rings. The van der Waals surface area contributed by atoms with Crippen LogP contribution in [0.4, 0.5) is 0 Å². The zero-order chi connectivity index (χ0) is 15.6. The predicted molar refractivity (Wildman–Crippen MR) is 83.3 cm³/mol. The van der Waals surface area contributed by atoms with Crippen LogP contribution in [0, 0.1) is 5.92 Å². The highest BCUT2D eigenvalue weighted by molar-refractivity contribution is 7.89. The number of pyridine rings is 1. The van der Waals surface area contributed by atoms with Gasteiger partial charge in [-0.25, -0.2) is 13.4 Å². The number of hydrogen-bond acceptors (Lipinski definition) is 4. The number of aromatic nitrogens is 1. The van der Waals surface area contributed by atoms with Crippen LogP contribution in [0.25, 0.3) is 0 Å². The Morgan fingerprint density at radius 2 is 2.00 bits per heavy atom. The molecule has 1 aliphatic carbocycles. The van der Waals surface area contributed by atoms with E-state index in [1.807, 2.05) is 13.0 Å². The van der Waals surface area contributed by atoms with E-state index in [-0.39, 0.29) is 11.1 Å². The predicted octanol–water partition coefficient (Wildman–Crippen LogP) is 2.00. The Labute approximate surface area is 127 Å². The van der Waals surface area contributed by atoms with Gasteiger partial charge in [-0.3, -0.25) is 0 Å². The quantitative estimate of drug-likeness (QED) is 0.836. The van der Waals surface area contributed by atoms with Gasteiger partial charge in [-0.1, -0.05) is 19.9 Å². The van der Waals surface area contributed by atoms with Crippen molar-refractivity contribution in [2.45, 2.75) is 57.3 Å². The zero-order valence-corrected chi connectivity index (χ0v) is 14.0. The van der Waals surface area contributed by atoms with Crippen molar-refractivity contribution in [3.63, 3.8) is 0 Å². The summed E-state index contributed by atoms with van der Waals surface area (Å²) >= 11 is 0. The van der Waals surface area contributed by atoms with Crippen molar-refractivity contribution in [1.82, 2.24) is 14.6 Å². The van der Waals surface area contributed by atoms with Crippen LogP contribution in [0.1, 0.15) is 39.2 Å². The molecule has 0 spiro atoms. The molecule has 0 radical (unpaired) electrons. The minimum atomic E-state index is -3.49. The van der Waals surface area contributed by atoms with Gasteiger partial charge < -0.3 is 5.32 Å². The molecule has 1 aliphatic rings. The Morgan fingerprint density at radius 1 is 1.33 bits per heavy atom. The van der Waals surface area contributed by atoms with E-state index in [1.54, 1.807) is 19.3 Å². The largest absolute Gasteiger partial charge is 0.310 e. The molecule has 1 fully saturated rings. The van der Waals surface area contributed by atoms with E-state index in [9.17, 15) is 8.42 Å². The molecule has 5 nitrogen and oxygen atoms in total. The first-order chi connectivity index (χ1) is 9.82. The molecule has 0 saturated heterocycles. The van der Waals surface area contributed by atoms with Crippen LogP contribution in [0.5, 0.6) is 0 Å². The van der Waals surface area contributed by atoms with E-state index in [0.717, 1.165) is 18.4 Å². The second-order valence-corrected chi connectivity index (χ2v) is 8.08. The van der Waals surface area contributed by atoms with Crippen molar-refractivity contribution in [1.29, 1.82) is 0 Å². The summed E-state index contributed by atoms with van der Waals surface area (Å²) in [5, 5.41) is 3.41. The highest BCUT2D eigenvalue weighted by atomic mass is 32.2. The maximum atomic E-state index is 12.5.